The Morgan fingerprint density at radius 3 is 2.42 bits per heavy atom. The highest BCUT2D eigenvalue weighted by atomic mass is 16.2. The zero-order valence-corrected chi connectivity index (χ0v) is 11.6. The largest absolute Gasteiger partial charge is 0.356 e. The summed E-state index contributed by atoms with van der Waals surface area (Å²) in [6, 6.07) is 0. The normalized spacial score (nSPS) is 14.6. The standard InChI is InChI=1S/C14H22N2O3/c1-11(2)5-3-4-9-15-12(17)8-10-16-13(18)6-7-14(16)19/h6-7,11H,3-5,8-10H2,1-2H3,(H,15,17). The van der Waals surface area contributed by atoms with E-state index in [0.717, 1.165) is 17.7 Å². The van der Waals surface area contributed by atoms with Gasteiger partial charge in [-0.15, -0.1) is 0 Å². The highest BCUT2D eigenvalue weighted by molar-refractivity contribution is 6.13. The molecule has 0 saturated heterocycles. The van der Waals surface area contributed by atoms with E-state index >= 15 is 0 Å². The Morgan fingerprint density at radius 2 is 1.84 bits per heavy atom. The average molecular weight is 266 g/mol. The molecule has 0 unspecified atom stereocenters. The number of hydrogen-bond donors (Lipinski definition) is 1. The molecule has 5 heteroatoms. The van der Waals surface area contributed by atoms with Gasteiger partial charge in [0.15, 0.2) is 0 Å². The molecule has 0 aliphatic carbocycles. The summed E-state index contributed by atoms with van der Waals surface area (Å²) in [6.07, 6.45) is 5.86. The Morgan fingerprint density at radius 1 is 1.21 bits per heavy atom. The van der Waals surface area contributed by atoms with Crippen molar-refractivity contribution >= 4 is 17.7 Å². The Bertz CT molecular complexity index is 357. The van der Waals surface area contributed by atoms with E-state index in [1.807, 2.05) is 0 Å². The van der Waals surface area contributed by atoms with Crippen molar-refractivity contribution in [3.8, 4) is 0 Å². The summed E-state index contributed by atoms with van der Waals surface area (Å²) in [5, 5.41) is 2.80. The van der Waals surface area contributed by atoms with Gasteiger partial charge in [0.25, 0.3) is 11.8 Å². The Hall–Kier alpha value is -1.65. The van der Waals surface area contributed by atoms with Crippen LogP contribution in [0, 0.1) is 5.92 Å². The van der Waals surface area contributed by atoms with Gasteiger partial charge in [-0.25, -0.2) is 0 Å². The van der Waals surface area contributed by atoms with Gasteiger partial charge in [-0.3, -0.25) is 19.3 Å². The van der Waals surface area contributed by atoms with Gasteiger partial charge in [0.05, 0.1) is 0 Å². The number of hydrogen-bond acceptors (Lipinski definition) is 3. The van der Waals surface area contributed by atoms with E-state index in [9.17, 15) is 14.4 Å². The monoisotopic (exact) mass is 266 g/mol. The highest BCUT2D eigenvalue weighted by Crippen LogP contribution is 2.06. The molecule has 0 spiro atoms. The second kappa shape index (κ2) is 7.71. The quantitative estimate of drug-likeness (QED) is 0.531. The van der Waals surface area contributed by atoms with Gasteiger partial charge in [0, 0.05) is 31.7 Å². The maximum Gasteiger partial charge on any atom is 0.253 e. The molecule has 0 saturated carbocycles. The molecule has 0 fully saturated rings. The zero-order valence-electron chi connectivity index (χ0n) is 11.6. The van der Waals surface area contributed by atoms with E-state index in [1.165, 1.54) is 18.6 Å². The van der Waals surface area contributed by atoms with Crippen LogP contribution in [0.1, 0.15) is 39.5 Å². The summed E-state index contributed by atoms with van der Waals surface area (Å²) in [5.41, 5.74) is 0. The number of unbranched alkanes of at least 4 members (excludes halogenated alkanes) is 1. The number of imide groups is 1. The minimum atomic E-state index is -0.338. The van der Waals surface area contributed by atoms with Crippen molar-refractivity contribution < 1.29 is 14.4 Å². The number of carbonyl (C=O) groups is 3. The molecule has 1 rings (SSSR count). The van der Waals surface area contributed by atoms with Gasteiger partial charge in [-0.05, 0) is 12.3 Å². The first-order valence-corrected chi connectivity index (χ1v) is 6.81. The highest BCUT2D eigenvalue weighted by Gasteiger charge is 2.23. The molecule has 0 aromatic carbocycles. The molecule has 5 nitrogen and oxygen atoms in total. The molecular weight excluding hydrogens is 244 g/mol. The van der Waals surface area contributed by atoms with Gasteiger partial charge in [-0.1, -0.05) is 26.7 Å². The first-order valence-electron chi connectivity index (χ1n) is 6.81. The molecule has 1 N–H and O–H groups in total. The second-order valence-corrected chi connectivity index (χ2v) is 5.15. The molecule has 106 valence electrons. The van der Waals surface area contributed by atoms with Crippen molar-refractivity contribution in [2.24, 2.45) is 5.92 Å². The second-order valence-electron chi connectivity index (χ2n) is 5.15. The van der Waals surface area contributed by atoms with Crippen LogP contribution in [0.25, 0.3) is 0 Å². The lowest BCUT2D eigenvalue weighted by Crippen LogP contribution is -2.34. The van der Waals surface area contributed by atoms with Gasteiger partial charge >= 0.3 is 0 Å². The fourth-order valence-electron chi connectivity index (χ4n) is 1.86. The Labute approximate surface area is 114 Å². The van der Waals surface area contributed by atoms with Crippen molar-refractivity contribution in [1.29, 1.82) is 0 Å². The number of carbonyl (C=O) groups excluding carboxylic acids is 3. The lowest BCUT2D eigenvalue weighted by atomic mass is 10.1. The van der Waals surface area contributed by atoms with Crippen LogP contribution in [-0.4, -0.2) is 35.7 Å². The van der Waals surface area contributed by atoms with Crippen LogP contribution >= 0.6 is 0 Å². The lowest BCUT2D eigenvalue weighted by Gasteiger charge is -2.13. The van der Waals surface area contributed by atoms with Crippen molar-refractivity contribution in [3.05, 3.63) is 12.2 Å². The Balaban J connectivity index is 2.08. The molecule has 3 amide bonds. The number of nitrogens with zero attached hydrogens (tertiary/aromatic N) is 1. The van der Waals surface area contributed by atoms with Crippen LogP contribution < -0.4 is 5.32 Å². The molecular formula is C14H22N2O3. The molecule has 0 bridgehead atoms. The third-order valence-electron chi connectivity index (χ3n) is 2.99. The summed E-state index contributed by atoms with van der Waals surface area (Å²) in [5.74, 6) is -0.100. The summed E-state index contributed by atoms with van der Waals surface area (Å²) < 4.78 is 0. The maximum atomic E-state index is 11.5. The third kappa shape index (κ3) is 5.68. The smallest absolute Gasteiger partial charge is 0.253 e. The van der Waals surface area contributed by atoms with E-state index in [1.54, 1.807) is 0 Å². The fraction of sp³-hybridized carbons (Fsp3) is 0.643. The molecule has 0 radical (unpaired) electrons. The molecule has 0 aromatic rings. The average Bonchev–Trinajstić information content (AvgIpc) is 2.66. The molecule has 1 heterocycles. The maximum absolute atomic E-state index is 11.5. The summed E-state index contributed by atoms with van der Waals surface area (Å²) in [6.45, 7) is 5.17. The van der Waals surface area contributed by atoms with Gasteiger partial charge in [-0.2, -0.15) is 0 Å². The molecule has 19 heavy (non-hydrogen) atoms. The zero-order chi connectivity index (χ0) is 14.3. The van der Waals surface area contributed by atoms with Crippen LogP contribution in [0.2, 0.25) is 0 Å². The van der Waals surface area contributed by atoms with E-state index in [0.29, 0.717) is 12.5 Å². The minimum Gasteiger partial charge on any atom is -0.356 e. The van der Waals surface area contributed by atoms with Crippen LogP contribution in [0.15, 0.2) is 12.2 Å². The Kier molecular flexibility index (Phi) is 6.25. The van der Waals surface area contributed by atoms with Gasteiger partial charge in [0.1, 0.15) is 0 Å². The molecule has 1 aliphatic rings. The minimum absolute atomic E-state index is 0.114. The first-order chi connectivity index (χ1) is 9.00. The van der Waals surface area contributed by atoms with E-state index in [2.05, 4.69) is 19.2 Å². The van der Waals surface area contributed by atoms with Crippen LogP contribution in [0.4, 0.5) is 0 Å². The summed E-state index contributed by atoms with van der Waals surface area (Å²) >= 11 is 0. The molecule has 0 aromatic heterocycles. The van der Waals surface area contributed by atoms with Crippen LogP contribution in [0.3, 0.4) is 0 Å². The van der Waals surface area contributed by atoms with Crippen molar-refractivity contribution in [1.82, 2.24) is 10.2 Å². The van der Waals surface area contributed by atoms with Crippen LogP contribution in [-0.2, 0) is 14.4 Å². The summed E-state index contributed by atoms with van der Waals surface area (Å²) in [7, 11) is 0. The first kappa shape index (κ1) is 15.4. The van der Waals surface area contributed by atoms with Gasteiger partial charge < -0.3 is 5.32 Å². The fourth-order valence-corrected chi connectivity index (χ4v) is 1.86. The van der Waals surface area contributed by atoms with Crippen molar-refractivity contribution in [2.45, 2.75) is 39.5 Å². The van der Waals surface area contributed by atoms with E-state index < -0.39 is 0 Å². The van der Waals surface area contributed by atoms with Crippen LogP contribution in [0.5, 0.6) is 0 Å². The van der Waals surface area contributed by atoms with Gasteiger partial charge in [0.2, 0.25) is 5.91 Å². The van der Waals surface area contributed by atoms with E-state index in [-0.39, 0.29) is 30.7 Å². The SMILES string of the molecule is CC(C)CCCCNC(=O)CCN1C(=O)C=CC1=O. The van der Waals surface area contributed by atoms with Crippen molar-refractivity contribution in [3.63, 3.8) is 0 Å². The number of rotatable bonds is 8. The predicted octanol–water partition coefficient (Wildman–Crippen LogP) is 1.24. The lowest BCUT2D eigenvalue weighted by molar-refractivity contribution is -0.137. The predicted molar refractivity (Wildman–Crippen MR) is 72.2 cm³/mol. The number of nitrogens with one attached hydrogen (secondary N) is 1. The third-order valence-corrected chi connectivity index (χ3v) is 2.99. The molecule has 1 aliphatic heterocycles. The van der Waals surface area contributed by atoms with E-state index in [4.69, 9.17) is 0 Å². The number of amides is 3. The van der Waals surface area contributed by atoms with Crippen molar-refractivity contribution in [2.75, 3.05) is 13.1 Å². The topological polar surface area (TPSA) is 66.5 Å². The summed E-state index contributed by atoms with van der Waals surface area (Å²) in [4.78, 5) is 35.1. The molecule has 0 atom stereocenters.